The van der Waals surface area contributed by atoms with Gasteiger partial charge in [0, 0.05) is 0 Å². The second kappa shape index (κ2) is 10.6. The fourth-order valence-electron chi connectivity index (χ4n) is 6.42. The van der Waals surface area contributed by atoms with Crippen LogP contribution in [0.1, 0.15) is 42.1 Å². The molecule has 0 aliphatic carbocycles. The predicted octanol–water partition coefficient (Wildman–Crippen LogP) is -1.41. The largest absolute Gasteiger partial charge is 1.00 e. The van der Waals surface area contributed by atoms with E-state index in [1.165, 1.54) is 4.90 Å². The van der Waals surface area contributed by atoms with E-state index in [1.54, 1.807) is 29.2 Å². The molecule has 2 fully saturated rings. The van der Waals surface area contributed by atoms with Crippen molar-refractivity contribution in [3.05, 3.63) is 95.1 Å². The van der Waals surface area contributed by atoms with Crippen LogP contribution in [-0.2, 0) is 27.3 Å². The van der Waals surface area contributed by atoms with Gasteiger partial charge in [-0.2, -0.15) is 0 Å². The van der Waals surface area contributed by atoms with Gasteiger partial charge in [0.25, 0.3) is 5.84 Å². The molecular formula is C31H31ClN4O5. The topological polar surface area (TPSA) is 128 Å². The Morgan fingerprint density at radius 3 is 2.32 bits per heavy atom. The van der Waals surface area contributed by atoms with Gasteiger partial charge in [0.2, 0.25) is 24.5 Å². The molecule has 6 rings (SSSR count). The molecule has 10 heteroatoms. The number of hydrogen-bond acceptors (Lipinski definition) is 5. The van der Waals surface area contributed by atoms with Crippen molar-refractivity contribution in [1.29, 1.82) is 0 Å². The molecule has 0 aromatic heterocycles. The lowest BCUT2D eigenvalue weighted by Crippen LogP contribution is -3.00. The van der Waals surface area contributed by atoms with Gasteiger partial charge in [-0.05, 0) is 54.8 Å². The Kier molecular flexibility index (Phi) is 7.25. The Labute approximate surface area is 244 Å². The summed E-state index contributed by atoms with van der Waals surface area (Å²) >= 11 is 0. The number of rotatable bonds is 6. The van der Waals surface area contributed by atoms with Crippen LogP contribution < -0.4 is 33.0 Å². The predicted molar refractivity (Wildman–Crippen MR) is 146 cm³/mol. The molecule has 3 amide bonds. The van der Waals surface area contributed by atoms with Crippen molar-refractivity contribution in [3.63, 3.8) is 0 Å². The van der Waals surface area contributed by atoms with Crippen LogP contribution in [0.2, 0.25) is 0 Å². The molecule has 3 aromatic carbocycles. The van der Waals surface area contributed by atoms with Crippen molar-refractivity contribution >= 4 is 23.6 Å². The summed E-state index contributed by atoms with van der Waals surface area (Å²) in [5.41, 5.74) is 7.88. The number of nitrogens with two attached hydrogens (primary N) is 2. The minimum Gasteiger partial charge on any atom is -1.00 e. The highest BCUT2D eigenvalue weighted by Gasteiger charge is 2.66. The third kappa shape index (κ3) is 4.70. The van der Waals surface area contributed by atoms with Crippen molar-refractivity contribution in [2.75, 3.05) is 6.79 Å². The van der Waals surface area contributed by atoms with Gasteiger partial charge in [-0.1, -0.05) is 48.5 Å². The number of imide groups is 1. The molecule has 4 N–H and O–H groups in total. The van der Waals surface area contributed by atoms with Gasteiger partial charge in [0.05, 0.1) is 41.9 Å². The summed E-state index contributed by atoms with van der Waals surface area (Å²) in [5, 5.41) is 5.78. The van der Waals surface area contributed by atoms with E-state index in [-0.39, 0.29) is 55.7 Å². The van der Waals surface area contributed by atoms with E-state index in [2.05, 4.69) is 0 Å². The van der Waals surface area contributed by atoms with Crippen molar-refractivity contribution < 1.29 is 41.7 Å². The summed E-state index contributed by atoms with van der Waals surface area (Å²) in [7, 11) is 0. The van der Waals surface area contributed by atoms with E-state index in [4.69, 9.17) is 20.6 Å². The minimum atomic E-state index is -0.921. The SMILES string of the molecule is CC1(C)[C@@H]2C(=O)N(Cc3ccc4c(c3)OCO4)C(=O)[C@@H]2[C@H](c2ccc(C(N)=[NH2+])cc2)N1C(=O)Cc1ccccc1.[Cl-]. The number of fused-ring (bicyclic) bond motifs is 2. The van der Waals surface area contributed by atoms with Gasteiger partial charge < -0.3 is 26.8 Å². The number of ether oxygens (including phenoxy) is 2. The molecule has 0 spiro atoms. The van der Waals surface area contributed by atoms with Crippen LogP contribution in [-0.4, -0.2) is 45.7 Å². The molecule has 41 heavy (non-hydrogen) atoms. The molecule has 3 heterocycles. The van der Waals surface area contributed by atoms with Crippen molar-refractivity contribution in [2.45, 2.75) is 38.4 Å². The minimum absolute atomic E-state index is 0. The van der Waals surface area contributed by atoms with Gasteiger partial charge in [0.15, 0.2) is 11.5 Å². The van der Waals surface area contributed by atoms with Crippen LogP contribution in [0.25, 0.3) is 0 Å². The first-order chi connectivity index (χ1) is 19.2. The quantitative estimate of drug-likeness (QED) is 0.212. The number of carbonyl (C=O) groups excluding carboxylic acids is 3. The zero-order valence-corrected chi connectivity index (χ0v) is 23.5. The Balaban J connectivity index is 0.00000337. The second-order valence-electron chi connectivity index (χ2n) is 11.1. The third-order valence-electron chi connectivity index (χ3n) is 8.27. The van der Waals surface area contributed by atoms with Gasteiger partial charge in [0.1, 0.15) is 0 Å². The lowest BCUT2D eigenvalue weighted by Gasteiger charge is -2.39. The van der Waals surface area contributed by atoms with Crippen molar-refractivity contribution in [1.82, 2.24) is 9.80 Å². The molecular weight excluding hydrogens is 544 g/mol. The van der Waals surface area contributed by atoms with Gasteiger partial charge in [-0.25, -0.2) is 0 Å². The molecule has 0 radical (unpaired) electrons. The normalized spacial score (nSPS) is 22.0. The summed E-state index contributed by atoms with van der Waals surface area (Å²) in [4.78, 5) is 45.0. The van der Waals surface area contributed by atoms with Gasteiger partial charge in [-0.3, -0.25) is 30.4 Å². The number of carbonyl (C=O) groups is 3. The van der Waals surface area contributed by atoms with Gasteiger partial charge in [-0.15, -0.1) is 0 Å². The number of likely N-dealkylation sites (tertiary alicyclic amines) is 2. The smallest absolute Gasteiger partial charge is 0.270 e. The molecule has 3 atom stereocenters. The number of amidine groups is 1. The summed E-state index contributed by atoms with van der Waals surface area (Å²) in [5.74, 6) is -0.770. The Hall–Kier alpha value is -4.37. The fourth-order valence-corrected chi connectivity index (χ4v) is 6.42. The lowest BCUT2D eigenvalue weighted by atomic mass is 9.81. The molecule has 0 saturated carbocycles. The average Bonchev–Trinajstić information content (AvgIpc) is 3.57. The first-order valence-corrected chi connectivity index (χ1v) is 13.2. The van der Waals surface area contributed by atoms with Crippen LogP contribution in [0.15, 0.2) is 72.8 Å². The van der Waals surface area contributed by atoms with E-state index in [0.29, 0.717) is 17.1 Å². The van der Waals surface area contributed by atoms with E-state index in [0.717, 1.165) is 16.7 Å². The highest BCUT2D eigenvalue weighted by molar-refractivity contribution is 6.07. The first kappa shape index (κ1) is 28.2. The summed E-state index contributed by atoms with van der Waals surface area (Å²) in [6.45, 7) is 4.00. The van der Waals surface area contributed by atoms with Gasteiger partial charge >= 0.3 is 0 Å². The zero-order chi connectivity index (χ0) is 28.2. The number of halogens is 1. The molecule has 0 bridgehead atoms. The van der Waals surface area contributed by atoms with Crippen molar-refractivity contribution in [3.8, 4) is 11.5 Å². The average molecular weight is 575 g/mol. The number of amides is 3. The summed E-state index contributed by atoms with van der Waals surface area (Å²) < 4.78 is 10.9. The molecule has 2 saturated heterocycles. The highest BCUT2D eigenvalue weighted by atomic mass is 35.5. The third-order valence-corrected chi connectivity index (χ3v) is 8.27. The maximum absolute atomic E-state index is 14.1. The van der Waals surface area contributed by atoms with E-state index in [1.807, 2.05) is 62.4 Å². The number of nitrogens with zero attached hydrogens (tertiary/aromatic N) is 2. The molecule has 0 unspecified atom stereocenters. The fraction of sp³-hybridized carbons (Fsp3) is 0.290. The lowest BCUT2D eigenvalue weighted by molar-refractivity contribution is -0.146. The van der Waals surface area contributed by atoms with Crippen LogP contribution in [0.4, 0.5) is 0 Å². The maximum Gasteiger partial charge on any atom is 0.270 e. The second-order valence-corrected chi connectivity index (χ2v) is 11.1. The van der Waals surface area contributed by atoms with Crippen LogP contribution in [0.5, 0.6) is 11.5 Å². The Morgan fingerprint density at radius 2 is 1.63 bits per heavy atom. The van der Waals surface area contributed by atoms with Crippen molar-refractivity contribution in [2.24, 2.45) is 17.6 Å². The van der Waals surface area contributed by atoms with E-state index < -0.39 is 23.4 Å². The maximum atomic E-state index is 14.1. The van der Waals surface area contributed by atoms with Crippen LogP contribution >= 0.6 is 0 Å². The number of benzene rings is 3. The van der Waals surface area contributed by atoms with Crippen LogP contribution in [0.3, 0.4) is 0 Å². The molecule has 212 valence electrons. The molecule has 3 aliphatic heterocycles. The standard InChI is InChI=1S/C31H30N4O5.ClH/c1-31(2)26-25(29(37)34(30(26)38)16-19-8-13-22-23(14-19)40-17-39-22)27(20-9-11-21(12-10-20)28(32)33)35(31)24(36)15-18-6-4-3-5-7-18;/h3-14,25-27H,15-17H2,1-2H3,(H3,32,33);1H/t25-,26-,27-;/m0./s1. The van der Waals surface area contributed by atoms with E-state index in [9.17, 15) is 14.4 Å². The molecule has 9 nitrogen and oxygen atoms in total. The highest BCUT2D eigenvalue weighted by Crippen LogP contribution is 2.55. The Morgan fingerprint density at radius 1 is 0.951 bits per heavy atom. The monoisotopic (exact) mass is 574 g/mol. The van der Waals surface area contributed by atoms with E-state index >= 15 is 0 Å². The number of hydrogen-bond donors (Lipinski definition) is 2. The molecule has 3 aromatic rings. The zero-order valence-electron chi connectivity index (χ0n) is 22.7. The molecule has 3 aliphatic rings. The summed E-state index contributed by atoms with van der Waals surface area (Å²) in [6, 6.07) is 21.4. The summed E-state index contributed by atoms with van der Waals surface area (Å²) in [6.07, 6.45) is 0.158. The Bertz CT molecular complexity index is 1530. The van der Waals surface area contributed by atoms with Crippen LogP contribution in [0, 0.1) is 11.8 Å². The first-order valence-electron chi connectivity index (χ1n) is 13.2.